The molecule has 0 spiro atoms. The normalized spacial score (nSPS) is 10.4. The van der Waals surface area contributed by atoms with Crippen molar-refractivity contribution in [2.75, 3.05) is 12.8 Å². The van der Waals surface area contributed by atoms with Crippen LogP contribution in [0.2, 0.25) is 0 Å². The molecule has 3 nitrogen and oxygen atoms in total. The first-order valence-electron chi connectivity index (χ1n) is 5.28. The highest BCUT2D eigenvalue weighted by Gasteiger charge is 2.16. The molecule has 2 rings (SSSR count). The van der Waals surface area contributed by atoms with Crippen LogP contribution < -0.4 is 10.5 Å². The maximum Gasteiger partial charge on any atom is 0.137 e. The molecule has 0 amide bonds. The number of halogens is 2. The van der Waals surface area contributed by atoms with Crippen LogP contribution in [0.25, 0.3) is 11.1 Å². The Hall–Kier alpha value is -2.17. The molecule has 1 heterocycles. The van der Waals surface area contributed by atoms with E-state index in [-0.39, 0.29) is 11.3 Å². The molecule has 0 unspecified atom stereocenters. The third kappa shape index (κ3) is 2.11. The van der Waals surface area contributed by atoms with E-state index in [1.54, 1.807) is 13.0 Å². The van der Waals surface area contributed by atoms with E-state index in [9.17, 15) is 8.78 Å². The van der Waals surface area contributed by atoms with Crippen LogP contribution in [-0.4, -0.2) is 12.1 Å². The van der Waals surface area contributed by atoms with Gasteiger partial charge in [-0.25, -0.2) is 13.8 Å². The third-order valence-electron chi connectivity index (χ3n) is 2.65. The number of anilines is 1. The predicted octanol–water partition coefficient (Wildman–Crippen LogP) is 2.93. The number of hydrogen-bond acceptors (Lipinski definition) is 3. The first kappa shape index (κ1) is 12.3. The Morgan fingerprint density at radius 3 is 2.28 bits per heavy atom. The van der Waals surface area contributed by atoms with Crippen molar-refractivity contribution in [2.24, 2.45) is 0 Å². The summed E-state index contributed by atoms with van der Waals surface area (Å²) >= 11 is 0. The number of nitrogens with zero attached hydrogens (tertiary/aromatic N) is 1. The first-order chi connectivity index (χ1) is 8.52. The quantitative estimate of drug-likeness (QED) is 0.891. The van der Waals surface area contributed by atoms with Crippen LogP contribution in [0.5, 0.6) is 5.75 Å². The van der Waals surface area contributed by atoms with E-state index in [0.29, 0.717) is 16.9 Å². The highest BCUT2D eigenvalue weighted by molar-refractivity contribution is 5.69. The maximum atomic E-state index is 13.9. The number of aryl methyl sites for hydroxylation is 1. The topological polar surface area (TPSA) is 48.1 Å². The number of rotatable bonds is 2. The molecule has 18 heavy (non-hydrogen) atoms. The second-order valence-electron chi connectivity index (χ2n) is 3.89. The highest BCUT2D eigenvalue weighted by atomic mass is 19.1. The Morgan fingerprint density at radius 1 is 1.17 bits per heavy atom. The SMILES string of the molecule is COc1cc(F)c(-c2cnc(N)cc2C)c(F)c1. The summed E-state index contributed by atoms with van der Waals surface area (Å²) in [6.07, 6.45) is 1.36. The Labute approximate surface area is 103 Å². The first-order valence-corrected chi connectivity index (χ1v) is 5.28. The largest absolute Gasteiger partial charge is 0.497 e. The van der Waals surface area contributed by atoms with Crippen molar-refractivity contribution in [3.05, 3.63) is 41.6 Å². The number of nitrogen functional groups attached to an aromatic ring is 1. The fourth-order valence-electron chi connectivity index (χ4n) is 1.76. The fraction of sp³-hybridized carbons (Fsp3) is 0.154. The second-order valence-corrected chi connectivity index (χ2v) is 3.89. The number of ether oxygens (including phenoxy) is 1. The summed E-state index contributed by atoms with van der Waals surface area (Å²) in [5.41, 5.74) is 6.42. The number of methoxy groups -OCH3 is 1. The molecule has 1 aromatic heterocycles. The Morgan fingerprint density at radius 2 is 1.78 bits per heavy atom. The minimum absolute atomic E-state index is 0.124. The summed E-state index contributed by atoms with van der Waals surface area (Å²) in [6, 6.07) is 3.83. The molecular formula is C13H12F2N2O. The van der Waals surface area contributed by atoms with Crippen LogP contribution in [0.3, 0.4) is 0 Å². The number of aromatic nitrogens is 1. The number of pyridine rings is 1. The van der Waals surface area contributed by atoms with Crippen molar-refractivity contribution in [3.8, 4) is 16.9 Å². The highest BCUT2D eigenvalue weighted by Crippen LogP contribution is 2.31. The minimum Gasteiger partial charge on any atom is -0.497 e. The van der Waals surface area contributed by atoms with E-state index < -0.39 is 11.6 Å². The van der Waals surface area contributed by atoms with Crippen molar-refractivity contribution >= 4 is 5.82 Å². The second kappa shape index (κ2) is 4.60. The van der Waals surface area contributed by atoms with Crippen LogP contribution in [-0.2, 0) is 0 Å². The minimum atomic E-state index is -0.693. The van der Waals surface area contributed by atoms with Gasteiger partial charge < -0.3 is 10.5 Å². The zero-order valence-corrected chi connectivity index (χ0v) is 10.00. The van der Waals surface area contributed by atoms with Crippen LogP contribution in [0.15, 0.2) is 24.4 Å². The molecule has 0 bridgehead atoms. The van der Waals surface area contributed by atoms with Gasteiger partial charge in [-0.05, 0) is 18.6 Å². The average Bonchev–Trinajstić information content (AvgIpc) is 2.30. The molecule has 0 saturated carbocycles. The van der Waals surface area contributed by atoms with Crippen molar-refractivity contribution in [1.29, 1.82) is 0 Å². The summed E-state index contributed by atoms with van der Waals surface area (Å²) in [6.45, 7) is 1.72. The van der Waals surface area contributed by atoms with Gasteiger partial charge >= 0.3 is 0 Å². The van der Waals surface area contributed by atoms with E-state index in [4.69, 9.17) is 10.5 Å². The summed E-state index contributed by atoms with van der Waals surface area (Å²) < 4.78 is 32.6. The maximum absolute atomic E-state index is 13.9. The van der Waals surface area contributed by atoms with Crippen molar-refractivity contribution in [3.63, 3.8) is 0 Å². The van der Waals surface area contributed by atoms with Gasteiger partial charge in [0.05, 0.1) is 12.7 Å². The van der Waals surface area contributed by atoms with Crippen LogP contribution >= 0.6 is 0 Å². The molecule has 0 saturated heterocycles. The standard InChI is InChI=1S/C13H12F2N2O/c1-7-3-12(16)17-6-9(7)13-10(14)4-8(18-2)5-11(13)15/h3-6H,1-2H3,(H2,16,17). The van der Waals surface area contributed by atoms with E-state index in [1.807, 2.05) is 0 Å². The molecule has 0 aliphatic heterocycles. The molecule has 2 N–H and O–H groups in total. The van der Waals surface area contributed by atoms with E-state index >= 15 is 0 Å². The molecule has 1 aromatic carbocycles. The summed E-state index contributed by atoms with van der Waals surface area (Å²) in [4.78, 5) is 3.85. The van der Waals surface area contributed by atoms with Gasteiger partial charge in [-0.15, -0.1) is 0 Å². The molecule has 0 aliphatic carbocycles. The Kier molecular flexibility index (Phi) is 3.14. The van der Waals surface area contributed by atoms with Gasteiger partial charge in [0, 0.05) is 23.9 Å². The van der Waals surface area contributed by atoms with Gasteiger partial charge in [0.2, 0.25) is 0 Å². The number of hydrogen-bond donors (Lipinski definition) is 1. The third-order valence-corrected chi connectivity index (χ3v) is 2.65. The lowest BCUT2D eigenvalue weighted by atomic mass is 10.0. The van der Waals surface area contributed by atoms with Crippen LogP contribution in [0.4, 0.5) is 14.6 Å². The van der Waals surface area contributed by atoms with E-state index in [1.165, 1.54) is 13.3 Å². The number of nitrogens with two attached hydrogens (primary N) is 1. The van der Waals surface area contributed by atoms with Gasteiger partial charge in [0.25, 0.3) is 0 Å². The molecule has 0 atom stereocenters. The Bertz CT molecular complexity index is 577. The van der Waals surface area contributed by atoms with E-state index in [0.717, 1.165) is 12.1 Å². The molecule has 94 valence electrons. The summed E-state index contributed by atoms with van der Waals surface area (Å²) in [5.74, 6) is -0.941. The molecule has 0 aliphatic rings. The van der Waals surface area contributed by atoms with E-state index in [2.05, 4.69) is 4.98 Å². The molecule has 0 fully saturated rings. The number of benzene rings is 1. The van der Waals surface area contributed by atoms with Gasteiger partial charge in [0.15, 0.2) is 0 Å². The lowest BCUT2D eigenvalue weighted by Gasteiger charge is -2.10. The average molecular weight is 250 g/mol. The predicted molar refractivity (Wildman–Crippen MR) is 65.3 cm³/mol. The summed E-state index contributed by atoms with van der Waals surface area (Å²) in [7, 11) is 1.35. The monoisotopic (exact) mass is 250 g/mol. The van der Waals surface area contributed by atoms with Crippen LogP contribution in [0.1, 0.15) is 5.56 Å². The molecule has 2 aromatic rings. The van der Waals surface area contributed by atoms with Crippen molar-refractivity contribution < 1.29 is 13.5 Å². The lowest BCUT2D eigenvalue weighted by molar-refractivity contribution is 0.407. The molecular weight excluding hydrogens is 238 g/mol. The molecule has 5 heteroatoms. The van der Waals surface area contributed by atoms with Crippen molar-refractivity contribution in [1.82, 2.24) is 4.98 Å². The van der Waals surface area contributed by atoms with Gasteiger partial charge in [-0.2, -0.15) is 0 Å². The zero-order valence-electron chi connectivity index (χ0n) is 10.00. The molecule has 0 radical (unpaired) electrons. The van der Waals surface area contributed by atoms with Gasteiger partial charge in [-0.3, -0.25) is 0 Å². The smallest absolute Gasteiger partial charge is 0.137 e. The lowest BCUT2D eigenvalue weighted by Crippen LogP contribution is -1.97. The summed E-state index contributed by atoms with van der Waals surface area (Å²) in [5, 5.41) is 0. The van der Waals surface area contributed by atoms with Crippen LogP contribution in [0, 0.1) is 18.6 Å². The van der Waals surface area contributed by atoms with Crippen molar-refractivity contribution in [2.45, 2.75) is 6.92 Å². The zero-order chi connectivity index (χ0) is 13.3. The fourth-order valence-corrected chi connectivity index (χ4v) is 1.76. The van der Waals surface area contributed by atoms with Gasteiger partial charge in [-0.1, -0.05) is 0 Å². The Balaban J connectivity index is 2.64. The van der Waals surface area contributed by atoms with Gasteiger partial charge in [0.1, 0.15) is 23.2 Å².